The van der Waals surface area contributed by atoms with Gasteiger partial charge in [0.2, 0.25) is 11.6 Å². The van der Waals surface area contributed by atoms with E-state index in [0.717, 1.165) is 6.07 Å². The fourth-order valence-corrected chi connectivity index (χ4v) is 2.62. The van der Waals surface area contributed by atoms with Crippen LogP contribution in [0, 0.1) is 0 Å². The third kappa shape index (κ3) is 6.56. The molecule has 1 aromatic heterocycles. The number of alkyl halides is 3. The Bertz CT molecular complexity index is 866. The monoisotopic (exact) mass is 442 g/mol. The molecule has 1 aromatic carbocycles. The van der Waals surface area contributed by atoms with E-state index in [4.69, 9.17) is 18.9 Å². The highest BCUT2D eigenvalue weighted by atomic mass is 19.4. The number of hydrogen-bond donors (Lipinski definition) is 2. The van der Waals surface area contributed by atoms with Gasteiger partial charge in [-0.05, 0) is 19.1 Å². The summed E-state index contributed by atoms with van der Waals surface area (Å²) < 4.78 is 60.2. The topological polar surface area (TPSA) is 86.2 Å². The Morgan fingerprint density at radius 1 is 1.10 bits per heavy atom. The lowest BCUT2D eigenvalue weighted by molar-refractivity contribution is -0.139. The highest BCUT2D eigenvalue weighted by Crippen LogP contribution is 2.40. The van der Waals surface area contributed by atoms with E-state index < -0.39 is 17.6 Å². The quantitative estimate of drug-likeness (QED) is 0.349. The van der Waals surface area contributed by atoms with Crippen molar-refractivity contribution in [3.63, 3.8) is 0 Å². The van der Waals surface area contributed by atoms with Crippen LogP contribution in [0.4, 0.5) is 18.9 Å². The maximum absolute atomic E-state index is 13.0. The number of aromatic nitrogens is 1. The minimum Gasteiger partial charge on any atom is -0.493 e. The summed E-state index contributed by atoms with van der Waals surface area (Å²) in [5, 5.41) is 6.13. The van der Waals surface area contributed by atoms with Gasteiger partial charge in [-0.3, -0.25) is 0 Å². The lowest BCUT2D eigenvalue weighted by atomic mass is 10.2. The highest BCUT2D eigenvalue weighted by Gasteiger charge is 2.35. The molecule has 0 unspecified atom stereocenters. The molecule has 0 spiro atoms. The largest absolute Gasteiger partial charge is 0.493 e. The van der Waals surface area contributed by atoms with Gasteiger partial charge in [-0.25, -0.2) is 9.98 Å². The molecule has 0 bridgehead atoms. The standard InChI is InChI=1S/C20H25F3N4O4/c1-5-24-19(27-13-11-15(28-2)17(30-4)16(12-13)29-3)26-9-10-31-18-14(20(21,22)23)7-6-8-25-18/h6-8,11-12H,5,9-10H2,1-4H3,(H2,24,26,27). The zero-order chi connectivity index (χ0) is 22.9. The summed E-state index contributed by atoms with van der Waals surface area (Å²) in [7, 11) is 4.51. The smallest absolute Gasteiger partial charge is 0.421 e. The molecular weight excluding hydrogens is 417 g/mol. The molecule has 0 aliphatic heterocycles. The number of ether oxygens (including phenoxy) is 4. The third-order valence-electron chi connectivity index (χ3n) is 3.95. The highest BCUT2D eigenvalue weighted by molar-refractivity contribution is 5.94. The second-order valence-electron chi connectivity index (χ2n) is 6.00. The van der Waals surface area contributed by atoms with Gasteiger partial charge in [-0.1, -0.05) is 0 Å². The normalized spacial score (nSPS) is 11.6. The van der Waals surface area contributed by atoms with Crippen LogP contribution in [0.25, 0.3) is 0 Å². The molecular formula is C20H25F3N4O4. The first-order valence-electron chi connectivity index (χ1n) is 9.34. The van der Waals surface area contributed by atoms with Crippen LogP contribution in [0.1, 0.15) is 12.5 Å². The van der Waals surface area contributed by atoms with E-state index >= 15 is 0 Å². The van der Waals surface area contributed by atoms with Crippen LogP contribution in [-0.4, -0.2) is 52.0 Å². The van der Waals surface area contributed by atoms with Gasteiger partial charge in [0.15, 0.2) is 17.5 Å². The Hall–Kier alpha value is -3.37. The second-order valence-corrected chi connectivity index (χ2v) is 6.00. The van der Waals surface area contributed by atoms with Crippen LogP contribution < -0.4 is 29.6 Å². The third-order valence-corrected chi connectivity index (χ3v) is 3.95. The van der Waals surface area contributed by atoms with E-state index in [1.54, 1.807) is 12.1 Å². The molecule has 2 rings (SSSR count). The van der Waals surface area contributed by atoms with Crippen LogP contribution in [0.3, 0.4) is 0 Å². The Morgan fingerprint density at radius 2 is 1.77 bits per heavy atom. The molecule has 0 amide bonds. The van der Waals surface area contributed by atoms with Crippen LogP contribution in [0.15, 0.2) is 35.5 Å². The zero-order valence-electron chi connectivity index (χ0n) is 17.7. The first-order valence-corrected chi connectivity index (χ1v) is 9.34. The van der Waals surface area contributed by atoms with Crippen molar-refractivity contribution < 1.29 is 32.1 Å². The van der Waals surface area contributed by atoms with E-state index in [1.807, 2.05) is 6.92 Å². The molecule has 0 saturated heterocycles. The number of benzene rings is 1. The van der Waals surface area contributed by atoms with E-state index in [9.17, 15) is 13.2 Å². The molecule has 0 aliphatic rings. The number of halogens is 3. The number of pyridine rings is 1. The number of anilines is 1. The van der Waals surface area contributed by atoms with Crippen molar-refractivity contribution in [2.24, 2.45) is 4.99 Å². The van der Waals surface area contributed by atoms with Crippen LogP contribution in [0.2, 0.25) is 0 Å². The van der Waals surface area contributed by atoms with Gasteiger partial charge in [-0.2, -0.15) is 13.2 Å². The molecule has 170 valence electrons. The molecule has 1 heterocycles. The number of hydrogen-bond acceptors (Lipinski definition) is 6. The molecule has 11 heteroatoms. The van der Waals surface area contributed by atoms with Crippen molar-refractivity contribution in [1.82, 2.24) is 10.3 Å². The van der Waals surface area contributed by atoms with Gasteiger partial charge in [0.1, 0.15) is 12.2 Å². The van der Waals surface area contributed by atoms with Crippen LogP contribution in [0.5, 0.6) is 23.1 Å². The number of nitrogens with one attached hydrogen (secondary N) is 2. The van der Waals surface area contributed by atoms with Gasteiger partial charge in [0, 0.05) is 30.6 Å². The second kappa shape index (κ2) is 11.1. The van der Waals surface area contributed by atoms with Gasteiger partial charge in [0.05, 0.1) is 27.9 Å². The summed E-state index contributed by atoms with van der Waals surface area (Å²) >= 11 is 0. The molecule has 0 radical (unpaired) electrons. The number of nitrogens with zero attached hydrogens (tertiary/aromatic N) is 2. The lowest BCUT2D eigenvalue weighted by Crippen LogP contribution is -2.31. The number of methoxy groups -OCH3 is 3. The predicted molar refractivity (Wildman–Crippen MR) is 110 cm³/mol. The molecule has 8 nitrogen and oxygen atoms in total. The van der Waals surface area contributed by atoms with Gasteiger partial charge >= 0.3 is 6.18 Å². The Morgan fingerprint density at radius 3 is 2.32 bits per heavy atom. The first kappa shape index (κ1) is 23.9. The summed E-state index contributed by atoms with van der Waals surface area (Å²) in [6.45, 7) is 2.45. The van der Waals surface area contributed by atoms with Crippen molar-refractivity contribution in [3.05, 3.63) is 36.0 Å². The molecule has 31 heavy (non-hydrogen) atoms. The van der Waals surface area contributed by atoms with Crippen molar-refractivity contribution in [3.8, 4) is 23.1 Å². The number of guanidine groups is 1. The predicted octanol–water partition coefficient (Wildman–Crippen LogP) is 3.58. The van der Waals surface area contributed by atoms with Crippen LogP contribution >= 0.6 is 0 Å². The molecule has 0 aliphatic carbocycles. The fourth-order valence-electron chi connectivity index (χ4n) is 2.62. The zero-order valence-corrected chi connectivity index (χ0v) is 17.7. The van der Waals surface area contributed by atoms with Crippen molar-refractivity contribution in [1.29, 1.82) is 0 Å². The van der Waals surface area contributed by atoms with Gasteiger partial charge < -0.3 is 29.6 Å². The maximum Gasteiger partial charge on any atom is 0.421 e. The van der Waals surface area contributed by atoms with E-state index in [1.165, 1.54) is 33.6 Å². The summed E-state index contributed by atoms with van der Waals surface area (Å²) in [5.41, 5.74) is -0.319. The SMILES string of the molecule is CCNC(=NCCOc1ncccc1C(F)(F)F)Nc1cc(OC)c(OC)c(OC)c1. The minimum atomic E-state index is -4.55. The van der Waals surface area contributed by atoms with E-state index in [0.29, 0.717) is 35.4 Å². The van der Waals surface area contributed by atoms with Crippen molar-refractivity contribution in [2.45, 2.75) is 13.1 Å². The molecule has 2 aromatic rings. The molecule has 0 saturated carbocycles. The minimum absolute atomic E-state index is 0.0909. The summed E-state index contributed by atoms with van der Waals surface area (Å²) in [4.78, 5) is 7.98. The Labute approximate surface area is 178 Å². The maximum atomic E-state index is 13.0. The molecule has 2 N–H and O–H groups in total. The van der Waals surface area contributed by atoms with E-state index in [-0.39, 0.29) is 13.2 Å². The van der Waals surface area contributed by atoms with Crippen LogP contribution in [-0.2, 0) is 6.18 Å². The van der Waals surface area contributed by atoms with Crippen molar-refractivity contribution >= 4 is 11.6 Å². The lowest BCUT2D eigenvalue weighted by Gasteiger charge is -2.16. The van der Waals surface area contributed by atoms with E-state index in [2.05, 4.69) is 20.6 Å². The van der Waals surface area contributed by atoms with Gasteiger partial charge in [0.25, 0.3) is 0 Å². The summed E-state index contributed by atoms with van der Waals surface area (Å²) in [5.74, 6) is 1.28. The molecule has 0 fully saturated rings. The first-order chi connectivity index (χ1) is 14.8. The Balaban J connectivity index is 2.10. The Kier molecular flexibility index (Phi) is 8.59. The number of rotatable bonds is 9. The average molecular weight is 442 g/mol. The van der Waals surface area contributed by atoms with Crippen molar-refractivity contribution in [2.75, 3.05) is 46.3 Å². The summed E-state index contributed by atoms with van der Waals surface area (Å²) in [6.07, 6.45) is -3.31. The van der Waals surface area contributed by atoms with Gasteiger partial charge in [-0.15, -0.1) is 0 Å². The fraction of sp³-hybridized carbons (Fsp3) is 0.400. The summed E-state index contributed by atoms with van der Waals surface area (Å²) in [6, 6.07) is 5.53. The average Bonchev–Trinajstić information content (AvgIpc) is 2.75. The molecule has 0 atom stereocenters. The number of aliphatic imine (C=N–C) groups is 1.